The highest BCUT2D eigenvalue weighted by Gasteiger charge is 2.20. The first kappa shape index (κ1) is 22.0. The summed E-state index contributed by atoms with van der Waals surface area (Å²) in [4.78, 5) is 27.9. The molecule has 164 valence electrons. The molecule has 0 unspecified atom stereocenters. The fourth-order valence-corrected chi connectivity index (χ4v) is 4.14. The number of hydrogen-bond acceptors (Lipinski definition) is 3. The van der Waals surface area contributed by atoms with Gasteiger partial charge in [0, 0.05) is 41.0 Å². The molecular weight excluding hydrogens is 473 g/mol. The predicted molar refractivity (Wildman–Crippen MR) is 128 cm³/mol. The van der Waals surface area contributed by atoms with Crippen LogP contribution in [0.15, 0.2) is 71.2 Å². The zero-order chi connectivity index (χ0) is 22.5. The van der Waals surface area contributed by atoms with Crippen LogP contribution in [0.25, 0.3) is 0 Å². The monoisotopic (exact) mass is 495 g/mol. The summed E-state index contributed by atoms with van der Waals surface area (Å²) in [6.07, 6.45) is 2.16. The number of amides is 2. The van der Waals surface area contributed by atoms with Crippen molar-refractivity contribution in [1.82, 2.24) is 5.32 Å². The molecule has 2 N–H and O–H groups in total. The van der Waals surface area contributed by atoms with Crippen LogP contribution in [0, 0.1) is 5.82 Å². The average Bonchev–Trinajstić information content (AvgIpc) is 3.33. The number of hydrogen-bond donors (Lipinski definition) is 2. The Morgan fingerprint density at radius 3 is 2.41 bits per heavy atom. The number of halogens is 2. The Hall–Kier alpha value is -3.19. The molecule has 1 fully saturated rings. The maximum atomic E-state index is 13.1. The third-order valence-electron chi connectivity index (χ3n) is 5.40. The molecule has 0 spiro atoms. The van der Waals surface area contributed by atoms with Gasteiger partial charge >= 0.3 is 0 Å². The molecule has 32 heavy (non-hydrogen) atoms. The number of nitrogens with one attached hydrogen (secondary N) is 2. The van der Waals surface area contributed by atoms with Crippen molar-refractivity contribution < 1.29 is 14.0 Å². The van der Waals surface area contributed by atoms with Gasteiger partial charge in [-0.25, -0.2) is 4.39 Å². The summed E-state index contributed by atoms with van der Waals surface area (Å²) in [6.45, 7) is 2.07. The van der Waals surface area contributed by atoms with Crippen molar-refractivity contribution in [3.05, 3.63) is 93.7 Å². The molecule has 5 nitrogen and oxygen atoms in total. The third-order valence-corrected chi connectivity index (χ3v) is 5.89. The van der Waals surface area contributed by atoms with E-state index in [1.807, 2.05) is 18.2 Å². The summed E-state index contributed by atoms with van der Waals surface area (Å²) < 4.78 is 14.0. The van der Waals surface area contributed by atoms with Gasteiger partial charge in [-0.1, -0.05) is 34.1 Å². The first-order valence-corrected chi connectivity index (χ1v) is 11.3. The predicted octanol–water partition coefficient (Wildman–Crippen LogP) is 5.37. The maximum Gasteiger partial charge on any atom is 0.255 e. The average molecular weight is 496 g/mol. The first-order chi connectivity index (χ1) is 15.5. The topological polar surface area (TPSA) is 61.4 Å². The van der Waals surface area contributed by atoms with Crippen LogP contribution >= 0.6 is 15.9 Å². The fourth-order valence-electron chi connectivity index (χ4n) is 3.74. The molecule has 2 amide bonds. The van der Waals surface area contributed by atoms with Crippen LogP contribution in [-0.4, -0.2) is 24.9 Å². The highest BCUT2D eigenvalue weighted by atomic mass is 79.9. The minimum absolute atomic E-state index is 0.241. The van der Waals surface area contributed by atoms with Gasteiger partial charge in [-0.2, -0.15) is 0 Å². The maximum absolute atomic E-state index is 13.1. The molecule has 0 aliphatic carbocycles. The summed E-state index contributed by atoms with van der Waals surface area (Å²) in [7, 11) is 0. The van der Waals surface area contributed by atoms with Crippen LogP contribution in [0.2, 0.25) is 0 Å². The van der Waals surface area contributed by atoms with Gasteiger partial charge in [0.15, 0.2) is 0 Å². The summed E-state index contributed by atoms with van der Waals surface area (Å²) in [6, 6.07) is 18.6. The van der Waals surface area contributed by atoms with Gasteiger partial charge in [-0.05, 0) is 66.9 Å². The van der Waals surface area contributed by atoms with Gasteiger partial charge in [-0.15, -0.1) is 0 Å². The Bertz CT molecular complexity index is 1130. The number of carbonyl (C=O) groups is 2. The van der Waals surface area contributed by atoms with Gasteiger partial charge in [0.25, 0.3) is 11.8 Å². The lowest BCUT2D eigenvalue weighted by Crippen LogP contribution is -2.27. The smallest absolute Gasteiger partial charge is 0.255 e. The van der Waals surface area contributed by atoms with E-state index in [2.05, 4.69) is 31.5 Å². The zero-order valence-electron chi connectivity index (χ0n) is 17.4. The standard InChI is InChI=1S/C25H23BrFN3O2/c26-19-5-3-4-18(14-19)24(31)29-21-10-11-23(30-12-1-2-13-30)22(15-21)25(32)28-16-17-6-8-20(27)9-7-17/h3-11,14-15H,1-2,12-13,16H2,(H,28,32)(H,29,31). The third kappa shape index (κ3) is 5.34. The van der Waals surface area contributed by atoms with Crippen molar-refractivity contribution in [2.75, 3.05) is 23.3 Å². The summed E-state index contributed by atoms with van der Waals surface area (Å²) in [5, 5.41) is 5.79. The van der Waals surface area contributed by atoms with E-state index in [9.17, 15) is 14.0 Å². The quantitative estimate of drug-likeness (QED) is 0.483. The fraction of sp³-hybridized carbons (Fsp3) is 0.200. The molecule has 0 atom stereocenters. The molecule has 3 aromatic rings. The largest absolute Gasteiger partial charge is 0.371 e. The van der Waals surface area contributed by atoms with Gasteiger partial charge in [-0.3, -0.25) is 9.59 Å². The van der Waals surface area contributed by atoms with E-state index >= 15 is 0 Å². The molecule has 7 heteroatoms. The van der Waals surface area contributed by atoms with Crippen molar-refractivity contribution in [3.63, 3.8) is 0 Å². The van der Waals surface area contributed by atoms with Crippen molar-refractivity contribution in [1.29, 1.82) is 0 Å². The van der Waals surface area contributed by atoms with Crippen molar-refractivity contribution in [2.45, 2.75) is 19.4 Å². The second-order valence-electron chi connectivity index (χ2n) is 7.70. The molecule has 1 aliphatic heterocycles. The molecule has 0 saturated carbocycles. The minimum atomic E-state index is -0.315. The number of anilines is 2. The molecular formula is C25H23BrFN3O2. The first-order valence-electron chi connectivity index (χ1n) is 10.5. The van der Waals surface area contributed by atoms with Crippen LogP contribution in [0.4, 0.5) is 15.8 Å². The van der Waals surface area contributed by atoms with E-state index in [1.54, 1.807) is 36.4 Å². The lowest BCUT2D eigenvalue weighted by Gasteiger charge is -2.22. The second kappa shape index (κ2) is 9.96. The van der Waals surface area contributed by atoms with E-state index in [0.717, 1.165) is 41.7 Å². The van der Waals surface area contributed by atoms with E-state index < -0.39 is 0 Å². The van der Waals surface area contributed by atoms with E-state index in [-0.39, 0.29) is 24.2 Å². The van der Waals surface area contributed by atoms with Crippen LogP contribution in [0.3, 0.4) is 0 Å². The zero-order valence-corrected chi connectivity index (χ0v) is 19.0. The molecule has 1 aliphatic rings. The highest BCUT2D eigenvalue weighted by Crippen LogP contribution is 2.28. The normalized spacial score (nSPS) is 13.1. The second-order valence-corrected chi connectivity index (χ2v) is 8.62. The number of benzene rings is 3. The van der Waals surface area contributed by atoms with E-state index in [4.69, 9.17) is 0 Å². The molecule has 0 bridgehead atoms. The highest BCUT2D eigenvalue weighted by molar-refractivity contribution is 9.10. The molecule has 3 aromatic carbocycles. The molecule has 0 aromatic heterocycles. The Balaban J connectivity index is 1.55. The summed E-state index contributed by atoms with van der Waals surface area (Å²) >= 11 is 3.37. The Morgan fingerprint density at radius 2 is 1.69 bits per heavy atom. The SMILES string of the molecule is O=C(Nc1ccc(N2CCCC2)c(C(=O)NCc2ccc(F)cc2)c1)c1cccc(Br)c1. The molecule has 0 radical (unpaired) electrons. The van der Waals surface area contributed by atoms with Crippen LogP contribution < -0.4 is 15.5 Å². The lowest BCUT2D eigenvalue weighted by atomic mass is 10.1. The van der Waals surface area contributed by atoms with Gasteiger partial charge in [0.2, 0.25) is 0 Å². The van der Waals surface area contributed by atoms with Gasteiger partial charge < -0.3 is 15.5 Å². The molecule has 4 rings (SSSR count). The number of nitrogens with zero attached hydrogens (tertiary/aromatic N) is 1. The number of rotatable bonds is 6. The van der Waals surface area contributed by atoms with Crippen LogP contribution in [0.5, 0.6) is 0 Å². The lowest BCUT2D eigenvalue weighted by molar-refractivity contribution is 0.0950. The Morgan fingerprint density at radius 1 is 0.938 bits per heavy atom. The van der Waals surface area contributed by atoms with Crippen molar-refractivity contribution in [3.8, 4) is 0 Å². The van der Waals surface area contributed by atoms with Crippen molar-refractivity contribution in [2.24, 2.45) is 0 Å². The van der Waals surface area contributed by atoms with Gasteiger partial charge in [0.05, 0.1) is 5.56 Å². The van der Waals surface area contributed by atoms with Crippen LogP contribution in [-0.2, 0) is 6.54 Å². The molecule has 1 heterocycles. The Kier molecular flexibility index (Phi) is 6.85. The van der Waals surface area contributed by atoms with E-state index in [0.29, 0.717) is 16.8 Å². The number of carbonyl (C=O) groups excluding carboxylic acids is 2. The van der Waals surface area contributed by atoms with Gasteiger partial charge in [0.1, 0.15) is 5.82 Å². The van der Waals surface area contributed by atoms with Crippen LogP contribution in [0.1, 0.15) is 39.1 Å². The Labute approximate surface area is 194 Å². The van der Waals surface area contributed by atoms with Crippen molar-refractivity contribution >= 4 is 39.1 Å². The minimum Gasteiger partial charge on any atom is -0.371 e. The molecule has 1 saturated heterocycles. The summed E-state index contributed by atoms with van der Waals surface area (Å²) in [5.74, 6) is -0.807. The van der Waals surface area contributed by atoms with E-state index in [1.165, 1.54) is 12.1 Å². The summed E-state index contributed by atoms with van der Waals surface area (Å²) in [5.41, 5.74) is 3.22.